The number of hydrogen-bond donors (Lipinski definition) is 0. The van der Waals surface area contributed by atoms with Gasteiger partial charge in [-0.2, -0.15) is 4.31 Å². The molecule has 27 heavy (non-hydrogen) atoms. The van der Waals surface area contributed by atoms with Crippen molar-refractivity contribution in [2.45, 2.75) is 44.6 Å². The molecule has 0 saturated heterocycles. The predicted octanol–water partition coefficient (Wildman–Crippen LogP) is 3.77. The normalized spacial score (nSPS) is 20.0. The summed E-state index contributed by atoms with van der Waals surface area (Å²) < 4.78 is 39.8. The average molecular weight is 388 g/mol. The molecule has 0 aliphatic carbocycles. The Bertz CT molecular complexity index is 984. The molecule has 2 aromatic carbocycles. The Hall–Kier alpha value is -2.05. The Labute approximate surface area is 161 Å². The molecule has 0 radical (unpaired) electrons. The highest BCUT2D eigenvalue weighted by Gasteiger charge is 2.35. The molecule has 0 bridgehead atoms. The van der Waals surface area contributed by atoms with Crippen LogP contribution in [0.3, 0.4) is 0 Å². The summed E-state index contributed by atoms with van der Waals surface area (Å²) in [7, 11) is -3.56. The van der Waals surface area contributed by atoms with Gasteiger partial charge in [-0.3, -0.25) is 0 Å². The zero-order valence-corrected chi connectivity index (χ0v) is 16.8. The molecule has 2 aliphatic heterocycles. The number of ether oxygens (including phenoxy) is 2. The number of benzene rings is 2. The van der Waals surface area contributed by atoms with E-state index in [0.29, 0.717) is 36.8 Å². The molecule has 6 heteroatoms. The van der Waals surface area contributed by atoms with Crippen LogP contribution in [-0.4, -0.2) is 32.5 Å². The molecule has 0 N–H and O–H groups in total. The third-order valence-electron chi connectivity index (χ3n) is 5.58. The molecule has 1 atom stereocenters. The molecule has 0 spiro atoms. The van der Waals surface area contributed by atoms with Gasteiger partial charge in [-0.25, -0.2) is 8.42 Å². The van der Waals surface area contributed by atoms with E-state index in [2.05, 4.69) is 0 Å². The molecule has 144 valence electrons. The van der Waals surface area contributed by atoms with Crippen LogP contribution in [-0.2, 0) is 16.4 Å². The second-order valence-electron chi connectivity index (χ2n) is 7.34. The van der Waals surface area contributed by atoms with Crippen molar-refractivity contribution in [1.82, 2.24) is 4.31 Å². The quantitative estimate of drug-likeness (QED) is 0.787. The Morgan fingerprint density at radius 1 is 1.00 bits per heavy atom. The summed E-state index contributed by atoms with van der Waals surface area (Å²) >= 11 is 0. The summed E-state index contributed by atoms with van der Waals surface area (Å²) in [6, 6.07) is 9.07. The monoisotopic (exact) mass is 387 g/mol. The number of aryl methyl sites for hydroxylation is 2. The van der Waals surface area contributed by atoms with E-state index in [1.807, 2.05) is 39.0 Å². The van der Waals surface area contributed by atoms with Gasteiger partial charge in [0.05, 0.1) is 18.1 Å². The standard InChI is InChI=1S/C21H25NO4S/c1-14-5-6-18(11-15(14)2)27(23,24)22-8-7-17-12-20-21(13-19(17)16(22)3)26-10-4-9-25-20/h5-6,11-13,16H,4,7-10H2,1-3H3/t16-/m0/s1. The molecule has 2 heterocycles. The van der Waals surface area contributed by atoms with Crippen LogP contribution in [0.25, 0.3) is 0 Å². The van der Waals surface area contributed by atoms with Gasteiger partial charge in [-0.05, 0) is 73.7 Å². The van der Waals surface area contributed by atoms with Crippen LogP contribution < -0.4 is 9.47 Å². The summed E-state index contributed by atoms with van der Waals surface area (Å²) in [5.41, 5.74) is 4.21. The zero-order chi connectivity index (χ0) is 19.2. The number of rotatable bonds is 2. The fourth-order valence-corrected chi connectivity index (χ4v) is 5.49. The molecule has 2 aromatic rings. The van der Waals surface area contributed by atoms with Crippen LogP contribution in [0.5, 0.6) is 11.5 Å². The Morgan fingerprint density at radius 3 is 2.41 bits per heavy atom. The minimum atomic E-state index is -3.56. The lowest BCUT2D eigenvalue weighted by Crippen LogP contribution is -2.38. The molecule has 2 aliphatic rings. The first-order chi connectivity index (χ1) is 12.9. The van der Waals surface area contributed by atoms with E-state index in [9.17, 15) is 8.42 Å². The van der Waals surface area contributed by atoms with Crippen molar-refractivity contribution in [3.63, 3.8) is 0 Å². The summed E-state index contributed by atoms with van der Waals surface area (Å²) in [6.07, 6.45) is 1.52. The molecule has 5 nitrogen and oxygen atoms in total. The molecular weight excluding hydrogens is 362 g/mol. The molecular formula is C21H25NO4S. The molecule has 0 amide bonds. The predicted molar refractivity (Wildman–Crippen MR) is 104 cm³/mol. The third-order valence-corrected chi connectivity index (χ3v) is 7.54. The van der Waals surface area contributed by atoms with Gasteiger partial charge in [-0.15, -0.1) is 0 Å². The fraction of sp³-hybridized carbons (Fsp3) is 0.429. The fourth-order valence-electron chi connectivity index (χ4n) is 3.79. The van der Waals surface area contributed by atoms with Crippen LogP contribution in [0.2, 0.25) is 0 Å². The lowest BCUT2D eigenvalue weighted by atomic mass is 9.94. The summed E-state index contributed by atoms with van der Waals surface area (Å²) in [4.78, 5) is 0.357. The Balaban J connectivity index is 1.71. The van der Waals surface area contributed by atoms with E-state index in [1.165, 1.54) is 0 Å². The second-order valence-corrected chi connectivity index (χ2v) is 9.23. The van der Waals surface area contributed by atoms with Gasteiger partial charge in [0.1, 0.15) is 0 Å². The van der Waals surface area contributed by atoms with E-state index in [0.717, 1.165) is 34.4 Å². The van der Waals surface area contributed by atoms with E-state index >= 15 is 0 Å². The van der Waals surface area contributed by atoms with Crippen molar-refractivity contribution in [1.29, 1.82) is 0 Å². The highest BCUT2D eigenvalue weighted by Crippen LogP contribution is 2.40. The highest BCUT2D eigenvalue weighted by molar-refractivity contribution is 7.89. The van der Waals surface area contributed by atoms with Gasteiger partial charge in [0.2, 0.25) is 10.0 Å². The lowest BCUT2D eigenvalue weighted by molar-refractivity contribution is 0.296. The molecule has 0 fully saturated rings. The molecule has 0 aromatic heterocycles. The van der Waals surface area contributed by atoms with E-state index in [4.69, 9.17) is 9.47 Å². The van der Waals surface area contributed by atoms with Crippen molar-refractivity contribution in [2.75, 3.05) is 19.8 Å². The molecule has 4 rings (SSSR count). The van der Waals surface area contributed by atoms with Crippen molar-refractivity contribution in [3.05, 3.63) is 52.6 Å². The molecule has 0 unspecified atom stereocenters. The molecule has 0 saturated carbocycles. The Morgan fingerprint density at radius 2 is 1.70 bits per heavy atom. The summed E-state index contributed by atoms with van der Waals surface area (Å²) in [5, 5.41) is 0. The maximum Gasteiger partial charge on any atom is 0.243 e. The minimum absolute atomic E-state index is 0.252. The summed E-state index contributed by atoms with van der Waals surface area (Å²) in [5.74, 6) is 1.48. The van der Waals surface area contributed by atoms with E-state index in [-0.39, 0.29) is 6.04 Å². The van der Waals surface area contributed by atoms with Crippen molar-refractivity contribution >= 4 is 10.0 Å². The number of fused-ring (bicyclic) bond motifs is 2. The van der Waals surface area contributed by atoms with Crippen LogP contribution in [0.15, 0.2) is 35.2 Å². The van der Waals surface area contributed by atoms with Gasteiger partial charge < -0.3 is 9.47 Å². The largest absolute Gasteiger partial charge is 0.490 e. The van der Waals surface area contributed by atoms with Crippen LogP contribution >= 0.6 is 0 Å². The first-order valence-corrected chi connectivity index (χ1v) is 10.8. The van der Waals surface area contributed by atoms with Crippen molar-refractivity contribution < 1.29 is 17.9 Å². The minimum Gasteiger partial charge on any atom is -0.490 e. The van der Waals surface area contributed by atoms with Crippen LogP contribution in [0.1, 0.15) is 41.6 Å². The van der Waals surface area contributed by atoms with Crippen molar-refractivity contribution in [3.8, 4) is 11.5 Å². The Kier molecular flexibility index (Phi) is 4.64. The van der Waals surface area contributed by atoms with Crippen LogP contribution in [0.4, 0.5) is 0 Å². The maximum atomic E-state index is 13.3. The third kappa shape index (κ3) is 3.21. The average Bonchev–Trinajstić information content (AvgIpc) is 2.87. The van der Waals surface area contributed by atoms with Gasteiger partial charge in [-0.1, -0.05) is 6.07 Å². The second kappa shape index (κ2) is 6.84. The van der Waals surface area contributed by atoms with Gasteiger partial charge in [0.15, 0.2) is 11.5 Å². The van der Waals surface area contributed by atoms with Gasteiger partial charge in [0, 0.05) is 19.0 Å². The van der Waals surface area contributed by atoms with Crippen LogP contribution in [0, 0.1) is 13.8 Å². The topological polar surface area (TPSA) is 55.8 Å². The summed E-state index contributed by atoms with van der Waals surface area (Å²) in [6.45, 7) is 7.60. The van der Waals surface area contributed by atoms with Crippen molar-refractivity contribution in [2.24, 2.45) is 0 Å². The van der Waals surface area contributed by atoms with Gasteiger partial charge >= 0.3 is 0 Å². The number of sulfonamides is 1. The van der Waals surface area contributed by atoms with E-state index < -0.39 is 10.0 Å². The maximum absolute atomic E-state index is 13.3. The smallest absolute Gasteiger partial charge is 0.243 e. The first kappa shape index (κ1) is 18.3. The number of hydrogen-bond acceptors (Lipinski definition) is 4. The van der Waals surface area contributed by atoms with E-state index in [1.54, 1.807) is 16.4 Å². The first-order valence-electron chi connectivity index (χ1n) is 9.39. The SMILES string of the molecule is Cc1ccc(S(=O)(=O)N2CCc3cc4c(cc3[C@@H]2C)OCCCO4)cc1C. The lowest BCUT2D eigenvalue weighted by Gasteiger charge is -2.34. The van der Waals surface area contributed by atoms with Gasteiger partial charge in [0.25, 0.3) is 0 Å². The highest BCUT2D eigenvalue weighted by atomic mass is 32.2. The number of nitrogens with zero attached hydrogens (tertiary/aromatic N) is 1. The zero-order valence-electron chi connectivity index (χ0n) is 16.0.